The molecule has 1 rings (SSSR count). The maximum Gasteiger partial charge on any atom is 0.313 e. The van der Waals surface area contributed by atoms with Gasteiger partial charge in [0.25, 0.3) is 0 Å². The topological polar surface area (TPSA) is 85.4 Å². The third-order valence-corrected chi connectivity index (χ3v) is 1.69. The van der Waals surface area contributed by atoms with E-state index in [2.05, 4.69) is 0 Å². The predicted molar refractivity (Wildman–Crippen MR) is 59.4 cm³/mol. The average molecular weight is 222 g/mol. The summed E-state index contributed by atoms with van der Waals surface area (Å²) in [4.78, 5) is 11.0. The Morgan fingerprint density at radius 1 is 1.25 bits per heavy atom. The number of rotatable bonds is 6. The molecular weight excluding hydrogens is 208 g/mol. The smallest absolute Gasteiger partial charge is 0.313 e. The second-order valence-corrected chi connectivity index (χ2v) is 3.08. The van der Waals surface area contributed by atoms with E-state index in [1.54, 1.807) is 0 Å². The Labute approximate surface area is 93.7 Å². The van der Waals surface area contributed by atoms with E-state index in [9.17, 15) is 4.79 Å². The standard InChI is InChI=1S/C11H14N2O3/c12-10(13)8-11(14)16-7-6-15-9-4-2-1-3-5-9/h1-5H,6-8H2,(H3,12,13). The van der Waals surface area contributed by atoms with Gasteiger partial charge in [0.1, 0.15) is 31.2 Å². The summed E-state index contributed by atoms with van der Waals surface area (Å²) in [6.07, 6.45) is -0.175. The van der Waals surface area contributed by atoms with Crippen LogP contribution in [-0.2, 0) is 9.53 Å². The van der Waals surface area contributed by atoms with Crippen LogP contribution in [0.5, 0.6) is 5.75 Å². The zero-order valence-corrected chi connectivity index (χ0v) is 8.81. The molecule has 0 aliphatic carbocycles. The summed E-state index contributed by atoms with van der Waals surface area (Å²) < 4.78 is 10.1. The number of carbonyl (C=O) groups excluding carboxylic acids is 1. The summed E-state index contributed by atoms with van der Waals surface area (Å²) in [5.41, 5.74) is 5.04. The Balaban J connectivity index is 2.13. The Morgan fingerprint density at radius 2 is 1.94 bits per heavy atom. The molecule has 0 fully saturated rings. The molecule has 5 nitrogen and oxygen atoms in total. The van der Waals surface area contributed by atoms with Crippen molar-refractivity contribution in [1.82, 2.24) is 0 Å². The van der Waals surface area contributed by atoms with Crippen LogP contribution >= 0.6 is 0 Å². The highest BCUT2D eigenvalue weighted by Gasteiger charge is 2.03. The number of hydrogen-bond donors (Lipinski definition) is 2. The number of benzene rings is 1. The van der Waals surface area contributed by atoms with Crippen LogP contribution in [0.1, 0.15) is 6.42 Å². The monoisotopic (exact) mass is 222 g/mol. The van der Waals surface area contributed by atoms with E-state index in [1.165, 1.54) is 0 Å². The number of esters is 1. The van der Waals surface area contributed by atoms with Crippen LogP contribution in [0.25, 0.3) is 0 Å². The van der Waals surface area contributed by atoms with Crippen LogP contribution in [0, 0.1) is 5.41 Å². The van der Waals surface area contributed by atoms with Crippen molar-refractivity contribution in [3.8, 4) is 5.75 Å². The zero-order valence-electron chi connectivity index (χ0n) is 8.81. The van der Waals surface area contributed by atoms with Gasteiger partial charge in [-0.05, 0) is 12.1 Å². The van der Waals surface area contributed by atoms with Gasteiger partial charge in [0, 0.05) is 0 Å². The van der Waals surface area contributed by atoms with Crippen molar-refractivity contribution in [2.45, 2.75) is 6.42 Å². The minimum Gasteiger partial charge on any atom is -0.490 e. The number of amidine groups is 1. The maximum atomic E-state index is 11.0. The van der Waals surface area contributed by atoms with E-state index < -0.39 is 5.97 Å². The lowest BCUT2D eigenvalue weighted by atomic mass is 10.3. The van der Waals surface area contributed by atoms with Crippen LogP contribution in [0.2, 0.25) is 0 Å². The summed E-state index contributed by atoms with van der Waals surface area (Å²) in [6.45, 7) is 0.439. The minimum atomic E-state index is -0.510. The Morgan fingerprint density at radius 3 is 2.56 bits per heavy atom. The van der Waals surface area contributed by atoms with E-state index >= 15 is 0 Å². The highest BCUT2D eigenvalue weighted by Crippen LogP contribution is 2.07. The number of ether oxygens (including phenoxy) is 2. The van der Waals surface area contributed by atoms with Crippen LogP contribution < -0.4 is 10.5 Å². The number of hydrogen-bond acceptors (Lipinski definition) is 4. The fourth-order valence-corrected chi connectivity index (χ4v) is 1.04. The third kappa shape index (κ3) is 4.99. The first-order valence-electron chi connectivity index (χ1n) is 4.85. The highest BCUT2D eigenvalue weighted by atomic mass is 16.6. The molecule has 0 aliphatic rings. The normalized spacial score (nSPS) is 9.50. The van der Waals surface area contributed by atoms with Gasteiger partial charge in [-0.25, -0.2) is 0 Å². The number of nitrogens with two attached hydrogens (primary N) is 1. The van der Waals surface area contributed by atoms with Crippen molar-refractivity contribution in [2.24, 2.45) is 5.73 Å². The van der Waals surface area contributed by atoms with Gasteiger partial charge in [0.2, 0.25) is 0 Å². The Hall–Kier alpha value is -2.04. The molecular formula is C11H14N2O3. The lowest BCUT2D eigenvalue weighted by molar-refractivity contribution is -0.142. The molecule has 0 atom stereocenters. The molecule has 0 bridgehead atoms. The molecule has 1 aromatic carbocycles. The second-order valence-electron chi connectivity index (χ2n) is 3.08. The maximum absolute atomic E-state index is 11.0. The van der Waals surface area contributed by atoms with Gasteiger partial charge in [-0.15, -0.1) is 0 Å². The predicted octanol–water partition coefficient (Wildman–Crippen LogP) is 0.935. The first-order chi connectivity index (χ1) is 7.68. The van der Waals surface area contributed by atoms with Gasteiger partial charge in [-0.1, -0.05) is 18.2 Å². The summed E-state index contributed by atoms with van der Waals surface area (Å²) in [5, 5.41) is 6.89. The molecule has 0 amide bonds. The lowest BCUT2D eigenvalue weighted by Crippen LogP contribution is -2.19. The van der Waals surface area contributed by atoms with Gasteiger partial charge >= 0.3 is 5.97 Å². The number of para-hydroxylation sites is 1. The number of nitrogens with one attached hydrogen (secondary N) is 1. The minimum absolute atomic E-state index is 0.154. The molecule has 0 spiro atoms. The molecule has 0 aromatic heterocycles. The van der Waals surface area contributed by atoms with E-state index in [0.29, 0.717) is 0 Å². The zero-order chi connectivity index (χ0) is 11.8. The van der Waals surface area contributed by atoms with Crippen LogP contribution in [0.3, 0.4) is 0 Å². The van der Waals surface area contributed by atoms with Gasteiger partial charge < -0.3 is 15.2 Å². The largest absolute Gasteiger partial charge is 0.490 e. The molecule has 0 saturated heterocycles. The van der Waals surface area contributed by atoms with Gasteiger partial charge in [0.05, 0.1) is 0 Å². The molecule has 0 aliphatic heterocycles. The third-order valence-electron chi connectivity index (χ3n) is 1.69. The fraction of sp³-hybridized carbons (Fsp3) is 0.273. The molecule has 0 unspecified atom stereocenters. The first-order valence-corrected chi connectivity index (χ1v) is 4.85. The summed E-state index contributed by atoms with van der Waals surface area (Å²) in [7, 11) is 0. The molecule has 0 radical (unpaired) electrons. The second kappa shape index (κ2) is 6.44. The van der Waals surface area contributed by atoms with Crippen LogP contribution in [0.4, 0.5) is 0 Å². The van der Waals surface area contributed by atoms with E-state index in [1.807, 2.05) is 30.3 Å². The number of carbonyl (C=O) groups is 1. The lowest BCUT2D eigenvalue weighted by Gasteiger charge is -2.06. The molecule has 0 heterocycles. The SMILES string of the molecule is N=C(N)CC(=O)OCCOc1ccccc1. The molecule has 86 valence electrons. The van der Waals surface area contributed by atoms with Gasteiger partial charge in [-0.3, -0.25) is 10.2 Å². The van der Waals surface area contributed by atoms with Crippen molar-refractivity contribution in [1.29, 1.82) is 5.41 Å². The fourth-order valence-electron chi connectivity index (χ4n) is 1.04. The van der Waals surface area contributed by atoms with E-state index in [4.69, 9.17) is 20.6 Å². The van der Waals surface area contributed by atoms with Crippen molar-refractivity contribution in [3.05, 3.63) is 30.3 Å². The van der Waals surface area contributed by atoms with Gasteiger partial charge in [-0.2, -0.15) is 0 Å². The summed E-state index contributed by atoms with van der Waals surface area (Å²) >= 11 is 0. The Kier molecular flexibility index (Phi) is 4.85. The first kappa shape index (κ1) is 12.0. The van der Waals surface area contributed by atoms with Crippen molar-refractivity contribution >= 4 is 11.8 Å². The molecule has 3 N–H and O–H groups in total. The van der Waals surface area contributed by atoms with Gasteiger partial charge in [0.15, 0.2) is 0 Å². The quantitative estimate of drug-likeness (QED) is 0.324. The van der Waals surface area contributed by atoms with Crippen molar-refractivity contribution in [3.63, 3.8) is 0 Å². The average Bonchev–Trinajstić information content (AvgIpc) is 2.25. The summed E-state index contributed by atoms with van der Waals surface area (Å²) in [5.74, 6) is 0.0169. The van der Waals surface area contributed by atoms with Crippen molar-refractivity contribution < 1.29 is 14.3 Å². The van der Waals surface area contributed by atoms with Crippen molar-refractivity contribution in [2.75, 3.05) is 13.2 Å². The van der Waals surface area contributed by atoms with E-state index in [0.717, 1.165) is 5.75 Å². The van der Waals surface area contributed by atoms with E-state index in [-0.39, 0.29) is 25.5 Å². The van der Waals surface area contributed by atoms with Crippen LogP contribution in [-0.4, -0.2) is 25.0 Å². The van der Waals surface area contributed by atoms with Crippen LogP contribution in [0.15, 0.2) is 30.3 Å². The molecule has 1 aromatic rings. The summed E-state index contributed by atoms with van der Waals surface area (Å²) in [6, 6.07) is 9.24. The molecule has 0 saturated carbocycles. The molecule has 16 heavy (non-hydrogen) atoms. The highest BCUT2D eigenvalue weighted by molar-refractivity contribution is 5.94. The Bertz CT molecular complexity index is 352. The molecule has 5 heteroatoms.